The summed E-state index contributed by atoms with van der Waals surface area (Å²) in [5, 5.41) is 9.71. The number of cyclic esters (lactones) is 1. The number of ether oxygens (including phenoxy) is 3. The van der Waals surface area contributed by atoms with Gasteiger partial charge in [0, 0.05) is 5.56 Å². The maximum atomic E-state index is 11.3. The van der Waals surface area contributed by atoms with Gasteiger partial charge in [-0.2, -0.15) is 0 Å². The predicted molar refractivity (Wildman–Crippen MR) is 50.3 cm³/mol. The molecule has 80 valence electrons. The molecule has 1 aliphatic rings. The van der Waals surface area contributed by atoms with Crippen LogP contribution >= 0.6 is 0 Å². The van der Waals surface area contributed by atoms with Gasteiger partial charge in [0.25, 0.3) is 0 Å². The molecule has 1 aromatic rings. The van der Waals surface area contributed by atoms with Crippen molar-refractivity contribution in [3.8, 4) is 17.2 Å². The van der Waals surface area contributed by atoms with Gasteiger partial charge in [-0.05, 0) is 6.07 Å². The molecule has 0 saturated heterocycles. The number of aromatic hydroxyl groups is 1. The minimum atomic E-state index is -0.486. The standard InChI is InChI=1S/C10H10O5/c1-13-6-3-5-4-15-10(12)7(5)9(14-2)8(6)11/h3,11H,4H2,1-2H3. The molecule has 2 rings (SSSR count). The fourth-order valence-corrected chi connectivity index (χ4v) is 1.58. The van der Waals surface area contributed by atoms with Crippen molar-refractivity contribution < 1.29 is 24.1 Å². The molecule has 0 aliphatic carbocycles. The molecule has 1 aromatic carbocycles. The topological polar surface area (TPSA) is 65.0 Å². The van der Waals surface area contributed by atoms with Crippen molar-refractivity contribution in [2.45, 2.75) is 6.61 Å². The van der Waals surface area contributed by atoms with E-state index in [1.807, 2.05) is 0 Å². The molecule has 0 bridgehead atoms. The highest BCUT2D eigenvalue weighted by Gasteiger charge is 2.30. The van der Waals surface area contributed by atoms with Crippen LogP contribution in [0.3, 0.4) is 0 Å². The second-order valence-corrected chi connectivity index (χ2v) is 3.07. The molecule has 0 aromatic heterocycles. The summed E-state index contributed by atoms with van der Waals surface area (Å²) >= 11 is 0. The Morgan fingerprint density at radius 2 is 2.13 bits per heavy atom. The number of benzene rings is 1. The van der Waals surface area contributed by atoms with E-state index in [0.717, 1.165) is 0 Å². The Labute approximate surface area is 86.2 Å². The van der Waals surface area contributed by atoms with Crippen LogP contribution in [0.5, 0.6) is 17.2 Å². The van der Waals surface area contributed by atoms with E-state index in [1.165, 1.54) is 14.2 Å². The van der Waals surface area contributed by atoms with Gasteiger partial charge in [0.15, 0.2) is 11.5 Å². The molecule has 5 heteroatoms. The minimum absolute atomic E-state index is 0.104. The van der Waals surface area contributed by atoms with Crippen molar-refractivity contribution in [2.24, 2.45) is 0 Å². The molecule has 0 atom stereocenters. The van der Waals surface area contributed by atoms with Crippen molar-refractivity contribution >= 4 is 5.97 Å². The van der Waals surface area contributed by atoms with Gasteiger partial charge in [0.1, 0.15) is 12.2 Å². The second-order valence-electron chi connectivity index (χ2n) is 3.07. The molecular formula is C10H10O5. The van der Waals surface area contributed by atoms with Crippen LogP contribution in [0.2, 0.25) is 0 Å². The highest BCUT2D eigenvalue weighted by atomic mass is 16.5. The van der Waals surface area contributed by atoms with Crippen LogP contribution in [-0.2, 0) is 11.3 Å². The average molecular weight is 210 g/mol. The van der Waals surface area contributed by atoms with Gasteiger partial charge in [-0.1, -0.05) is 0 Å². The molecule has 0 amide bonds. The van der Waals surface area contributed by atoms with Gasteiger partial charge >= 0.3 is 5.97 Å². The lowest BCUT2D eigenvalue weighted by atomic mass is 10.1. The molecular weight excluding hydrogens is 200 g/mol. The first-order valence-corrected chi connectivity index (χ1v) is 4.33. The van der Waals surface area contributed by atoms with Crippen molar-refractivity contribution in [3.05, 3.63) is 17.2 Å². The Morgan fingerprint density at radius 1 is 1.40 bits per heavy atom. The Morgan fingerprint density at radius 3 is 2.73 bits per heavy atom. The van der Waals surface area contributed by atoms with Crippen LogP contribution in [0.4, 0.5) is 0 Å². The normalized spacial score (nSPS) is 13.3. The number of carbonyl (C=O) groups is 1. The third kappa shape index (κ3) is 1.27. The highest BCUT2D eigenvalue weighted by Crippen LogP contribution is 2.43. The van der Waals surface area contributed by atoms with E-state index in [4.69, 9.17) is 14.2 Å². The maximum absolute atomic E-state index is 11.3. The molecule has 1 aliphatic heterocycles. The summed E-state index contributed by atoms with van der Waals surface area (Å²) in [5.74, 6) is -0.298. The largest absolute Gasteiger partial charge is 0.502 e. The van der Waals surface area contributed by atoms with Crippen molar-refractivity contribution in [1.82, 2.24) is 0 Å². The van der Waals surface area contributed by atoms with E-state index in [-0.39, 0.29) is 29.4 Å². The average Bonchev–Trinajstić information content (AvgIpc) is 2.60. The molecule has 1 N–H and O–H groups in total. The quantitative estimate of drug-likeness (QED) is 0.740. The second kappa shape index (κ2) is 3.34. The fourth-order valence-electron chi connectivity index (χ4n) is 1.58. The smallest absolute Gasteiger partial charge is 0.342 e. The van der Waals surface area contributed by atoms with Crippen LogP contribution in [0.15, 0.2) is 6.07 Å². The zero-order valence-electron chi connectivity index (χ0n) is 8.36. The van der Waals surface area contributed by atoms with Gasteiger partial charge in [-0.15, -0.1) is 0 Å². The summed E-state index contributed by atoms with van der Waals surface area (Å²) in [6.07, 6.45) is 0. The van der Waals surface area contributed by atoms with Gasteiger partial charge in [-0.25, -0.2) is 4.79 Å². The molecule has 0 fully saturated rings. The third-order valence-corrected chi connectivity index (χ3v) is 2.29. The van der Waals surface area contributed by atoms with E-state index >= 15 is 0 Å². The number of hydrogen-bond donors (Lipinski definition) is 1. The Balaban J connectivity index is 2.69. The first-order valence-electron chi connectivity index (χ1n) is 4.33. The van der Waals surface area contributed by atoms with Gasteiger partial charge < -0.3 is 19.3 Å². The van der Waals surface area contributed by atoms with Crippen molar-refractivity contribution in [3.63, 3.8) is 0 Å². The lowest BCUT2D eigenvalue weighted by molar-refractivity contribution is 0.0532. The first kappa shape index (κ1) is 9.64. The summed E-state index contributed by atoms with van der Waals surface area (Å²) in [5.41, 5.74) is 0.933. The number of esters is 1. The number of phenols is 1. The van der Waals surface area contributed by atoms with Crippen molar-refractivity contribution in [1.29, 1.82) is 0 Å². The summed E-state index contributed by atoms with van der Waals surface area (Å²) in [7, 11) is 2.80. The number of hydrogen-bond acceptors (Lipinski definition) is 5. The number of fused-ring (bicyclic) bond motifs is 1. The summed E-state index contributed by atoms with van der Waals surface area (Å²) in [6.45, 7) is 0.182. The predicted octanol–water partition coefficient (Wildman–Crippen LogP) is 1.08. The lowest BCUT2D eigenvalue weighted by Gasteiger charge is -2.10. The Hall–Kier alpha value is -1.91. The summed E-state index contributed by atoms with van der Waals surface area (Å²) in [4.78, 5) is 11.3. The number of methoxy groups -OCH3 is 2. The van der Waals surface area contributed by atoms with Crippen LogP contribution in [0.25, 0.3) is 0 Å². The number of rotatable bonds is 2. The number of carbonyl (C=O) groups excluding carboxylic acids is 1. The first-order chi connectivity index (χ1) is 7.19. The highest BCUT2D eigenvalue weighted by molar-refractivity contribution is 5.98. The molecule has 5 nitrogen and oxygen atoms in total. The molecule has 15 heavy (non-hydrogen) atoms. The maximum Gasteiger partial charge on any atom is 0.342 e. The molecule has 0 radical (unpaired) electrons. The van der Waals surface area contributed by atoms with E-state index in [1.54, 1.807) is 6.07 Å². The van der Waals surface area contributed by atoms with Crippen LogP contribution in [0, 0.1) is 0 Å². The van der Waals surface area contributed by atoms with Gasteiger partial charge in [-0.3, -0.25) is 0 Å². The monoisotopic (exact) mass is 210 g/mol. The van der Waals surface area contributed by atoms with E-state index in [9.17, 15) is 9.90 Å². The lowest BCUT2D eigenvalue weighted by Crippen LogP contribution is -1.99. The molecule has 0 saturated carbocycles. The summed E-state index contributed by atoms with van der Waals surface area (Å²) in [6, 6.07) is 1.57. The SMILES string of the molecule is COc1cc2c(c(OC)c1O)C(=O)OC2. The van der Waals surface area contributed by atoms with Crippen LogP contribution in [-0.4, -0.2) is 25.3 Å². The Kier molecular flexibility index (Phi) is 2.15. The minimum Gasteiger partial charge on any atom is -0.502 e. The van der Waals surface area contributed by atoms with Gasteiger partial charge in [0.2, 0.25) is 5.75 Å². The van der Waals surface area contributed by atoms with Crippen molar-refractivity contribution in [2.75, 3.05) is 14.2 Å². The van der Waals surface area contributed by atoms with E-state index in [0.29, 0.717) is 5.56 Å². The molecule has 1 heterocycles. The molecule has 0 unspecified atom stereocenters. The zero-order chi connectivity index (χ0) is 11.0. The van der Waals surface area contributed by atoms with Gasteiger partial charge in [0.05, 0.1) is 14.2 Å². The van der Waals surface area contributed by atoms with Crippen LogP contribution < -0.4 is 9.47 Å². The number of phenolic OH excluding ortho intramolecular Hbond substituents is 1. The zero-order valence-corrected chi connectivity index (χ0v) is 8.36. The summed E-state index contributed by atoms with van der Waals surface area (Å²) < 4.78 is 14.8. The van der Waals surface area contributed by atoms with E-state index in [2.05, 4.69) is 0 Å². The molecule has 0 spiro atoms. The van der Waals surface area contributed by atoms with Crippen LogP contribution in [0.1, 0.15) is 15.9 Å². The fraction of sp³-hybridized carbons (Fsp3) is 0.300. The van der Waals surface area contributed by atoms with E-state index < -0.39 is 5.97 Å². The Bertz CT molecular complexity index is 424. The third-order valence-electron chi connectivity index (χ3n) is 2.29.